The molecular weight excluding hydrogens is 292 g/mol. The molecule has 0 spiro atoms. The van der Waals surface area contributed by atoms with Crippen LogP contribution >= 0.6 is 0 Å². The van der Waals surface area contributed by atoms with Gasteiger partial charge in [-0.3, -0.25) is 9.69 Å². The van der Waals surface area contributed by atoms with Gasteiger partial charge in [-0.1, -0.05) is 12.1 Å². The molecule has 0 unspecified atom stereocenters. The summed E-state index contributed by atoms with van der Waals surface area (Å²) in [6, 6.07) is 7.53. The fraction of sp³-hybridized carbons (Fsp3) is 0.611. The van der Waals surface area contributed by atoms with E-state index >= 15 is 0 Å². The van der Waals surface area contributed by atoms with Crippen LogP contribution < -0.4 is 4.74 Å². The molecule has 5 heteroatoms. The number of hydrogen-bond acceptors (Lipinski definition) is 4. The van der Waals surface area contributed by atoms with E-state index in [-0.39, 0.29) is 11.9 Å². The fourth-order valence-electron chi connectivity index (χ4n) is 3.61. The smallest absolute Gasteiger partial charge is 0.236 e. The Bertz CT molecular complexity index is 552. The lowest BCUT2D eigenvalue weighted by atomic mass is 9.86. The van der Waals surface area contributed by atoms with E-state index in [0.717, 1.165) is 50.2 Å². The van der Waals surface area contributed by atoms with Crippen molar-refractivity contribution in [1.29, 1.82) is 0 Å². The van der Waals surface area contributed by atoms with Crippen molar-refractivity contribution < 1.29 is 14.6 Å². The van der Waals surface area contributed by atoms with Crippen LogP contribution in [0.3, 0.4) is 0 Å². The standard InChI is InChI=1S/C18H26N2O3/c1-18(22,14-6-8-15(23-2)9-7-14)16-5-3-10-20(16)13-17(21)19-11-4-12-19/h6-9,16,22H,3-5,10-13H2,1-2H3/t16-,18+/m0/s1. The maximum Gasteiger partial charge on any atom is 0.236 e. The number of rotatable bonds is 5. The number of carbonyl (C=O) groups excluding carboxylic acids is 1. The number of benzene rings is 1. The molecule has 2 fully saturated rings. The molecule has 0 aromatic heterocycles. The van der Waals surface area contributed by atoms with E-state index in [0.29, 0.717) is 6.54 Å². The van der Waals surface area contributed by atoms with Crippen LogP contribution in [0.15, 0.2) is 24.3 Å². The number of nitrogens with zero attached hydrogens (tertiary/aromatic N) is 2. The zero-order valence-electron chi connectivity index (χ0n) is 14.0. The predicted octanol–water partition coefficient (Wildman–Crippen LogP) is 1.60. The highest BCUT2D eigenvalue weighted by Crippen LogP contribution is 2.35. The number of carbonyl (C=O) groups is 1. The van der Waals surface area contributed by atoms with Crippen LogP contribution in [-0.2, 0) is 10.4 Å². The van der Waals surface area contributed by atoms with Gasteiger partial charge in [0, 0.05) is 19.1 Å². The van der Waals surface area contributed by atoms with Crippen LogP contribution in [0.2, 0.25) is 0 Å². The van der Waals surface area contributed by atoms with E-state index in [9.17, 15) is 9.90 Å². The minimum atomic E-state index is -0.974. The molecule has 3 rings (SSSR count). The second-order valence-electron chi connectivity index (χ2n) is 6.74. The molecule has 23 heavy (non-hydrogen) atoms. The third-order valence-corrected chi connectivity index (χ3v) is 5.23. The molecule has 2 heterocycles. The number of amides is 1. The second-order valence-corrected chi connectivity index (χ2v) is 6.74. The first kappa shape index (κ1) is 16.3. The fourth-order valence-corrected chi connectivity index (χ4v) is 3.61. The van der Waals surface area contributed by atoms with Gasteiger partial charge >= 0.3 is 0 Å². The zero-order valence-corrected chi connectivity index (χ0v) is 14.0. The molecule has 1 aromatic rings. The summed E-state index contributed by atoms with van der Waals surface area (Å²) < 4.78 is 5.18. The number of methoxy groups -OCH3 is 1. The van der Waals surface area contributed by atoms with Crippen LogP contribution in [-0.4, -0.2) is 60.1 Å². The van der Waals surface area contributed by atoms with Crippen molar-refractivity contribution in [3.63, 3.8) is 0 Å². The lowest BCUT2D eigenvalue weighted by Gasteiger charge is -2.38. The Morgan fingerprint density at radius 3 is 2.52 bits per heavy atom. The minimum absolute atomic E-state index is 0.0267. The summed E-state index contributed by atoms with van der Waals surface area (Å²) in [7, 11) is 1.63. The van der Waals surface area contributed by atoms with Gasteiger partial charge in [0.15, 0.2) is 0 Å². The van der Waals surface area contributed by atoms with E-state index in [1.165, 1.54) is 0 Å². The average Bonchev–Trinajstić information content (AvgIpc) is 2.94. The summed E-state index contributed by atoms with van der Waals surface area (Å²) in [6.45, 7) is 4.90. The summed E-state index contributed by atoms with van der Waals surface area (Å²) >= 11 is 0. The molecule has 2 aliphatic rings. The van der Waals surface area contributed by atoms with Crippen LogP contribution in [0.4, 0.5) is 0 Å². The van der Waals surface area contributed by atoms with Crippen molar-refractivity contribution >= 4 is 5.91 Å². The number of aliphatic hydroxyl groups is 1. The highest BCUT2D eigenvalue weighted by Gasteiger charge is 2.41. The molecule has 2 saturated heterocycles. The van der Waals surface area contributed by atoms with Crippen molar-refractivity contribution in [1.82, 2.24) is 9.80 Å². The topological polar surface area (TPSA) is 53.0 Å². The van der Waals surface area contributed by atoms with Crippen molar-refractivity contribution in [3.05, 3.63) is 29.8 Å². The molecule has 1 amide bonds. The maximum atomic E-state index is 12.3. The van der Waals surface area contributed by atoms with Crippen molar-refractivity contribution in [3.8, 4) is 5.75 Å². The van der Waals surface area contributed by atoms with Crippen molar-refractivity contribution in [2.75, 3.05) is 33.3 Å². The van der Waals surface area contributed by atoms with E-state index in [4.69, 9.17) is 4.74 Å². The highest BCUT2D eigenvalue weighted by atomic mass is 16.5. The zero-order chi connectivity index (χ0) is 16.4. The van der Waals surface area contributed by atoms with Crippen molar-refractivity contribution in [2.24, 2.45) is 0 Å². The molecule has 2 aliphatic heterocycles. The Hall–Kier alpha value is -1.59. The average molecular weight is 318 g/mol. The van der Waals surface area contributed by atoms with Gasteiger partial charge in [0.25, 0.3) is 0 Å². The highest BCUT2D eigenvalue weighted by molar-refractivity contribution is 5.79. The van der Waals surface area contributed by atoms with E-state index in [1.54, 1.807) is 7.11 Å². The van der Waals surface area contributed by atoms with Gasteiger partial charge in [0.05, 0.1) is 13.7 Å². The van der Waals surface area contributed by atoms with Crippen LogP contribution in [0, 0.1) is 0 Å². The lowest BCUT2D eigenvalue weighted by molar-refractivity contribution is -0.137. The molecular formula is C18H26N2O3. The van der Waals surface area contributed by atoms with E-state index in [2.05, 4.69) is 4.90 Å². The van der Waals surface area contributed by atoms with Gasteiger partial charge in [-0.2, -0.15) is 0 Å². The molecule has 0 radical (unpaired) electrons. The molecule has 5 nitrogen and oxygen atoms in total. The summed E-state index contributed by atoms with van der Waals surface area (Å²) in [5, 5.41) is 11.1. The van der Waals surface area contributed by atoms with Crippen LogP contribution in [0.25, 0.3) is 0 Å². The van der Waals surface area contributed by atoms with E-state index < -0.39 is 5.60 Å². The lowest BCUT2D eigenvalue weighted by Crippen LogP contribution is -2.52. The Morgan fingerprint density at radius 2 is 1.96 bits per heavy atom. The van der Waals surface area contributed by atoms with Gasteiger partial charge in [-0.05, 0) is 50.4 Å². The summed E-state index contributed by atoms with van der Waals surface area (Å²) in [5.74, 6) is 0.967. The molecule has 126 valence electrons. The largest absolute Gasteiger partial charge is 0.497 e. The monoisotopic (exact) mass is 318 g/mol. The Kier molecular flexibility index (Phi) is 4.60. The summed E-state index contributed by atoms with van der Waals surface area (Å²) in [5.41, 5.74) is -0.107. The van der Waals surface area contributed by atoms with Gasteiger partial charge in [0.1, 0.15) is 11.4 Å². The molecule has 2 atom stereocenters. The number of hydrogen-bond donors (Lipinski definition) is 1. The summed E-state index contributed by atoms with van der Waals surface area (Å²) in [4.78, 5) is 16.3. The third-order valence-electron chi connectivity index (χ3n) is 5.23. The van der Waals surface area contributed by atoms with Crippen LogP contribution in [0.5, 0.6) is 5.75 Å². The third kappa shape index (κ3) is 3.21. The normalized spacial score (nSPS) is 24.1. The summed E-state index contributed by atoms with van der Waals surface area (Å²) in [6.07, 6.45) is 3.04. The van der Waals surface area contributed by atoms with Crippen molar-refractivity contribution in [2.45, 2.75) is 37.8 Å². The van der Waals surface area contributed by atoms with E-state index in [1.807, 2.05) is 36.1 Å². The quantitative estimate of drug-likeness (QED) is 0.896. The maximum absolute atomic E-state index is 12.3. The molecule has 1 aromatic carbocycles. The van der Waals surface area contributed by atoms with Gasteiger partial charge < -0.3 is 14.7 Å². The first-order chi connectivity index (χ1) is 11.0. The Morgan fingerprint density at radius 1 is 1.26 bits per heavy atom. The molecule has 0 aliphatic carbocycles. The van der Waals surface area contributed by atoms with Gasteiger partial charge in [-0.15, -0.1) is 0 Å². The first-order valence-electron chi connectivity index (χ1n) is 8.41. The Labute approximate surface area is 137 Å². The molecule has 0 saturated carbocycles. The van der Waals surface area contributed by atoms with Crippen LogP contribution in [0.1, 0.15) is 31.7 Å². The molecule has 1 N–H and O–H groups in total. The first-order valence-corrected chi connectivity index (χ1v) is 8.41. The van der Waals surface area contributed by atoms with Gasteiger partial charge in [-0.25, -0.2) is 0 Å². The second kappa shape index (κ2) is 6.49. The Balaban J connectivity index is 1.72. The number of likely N-dealkylation sites (tertiary alicyclic amines) is 2. The number of ether oxygens (including phenoxy) is 1. The minimum Gasteiger partial charge on any atom is -0.497 e. The SMILES string of the molecule is COc1ccc([C@@](C)(O)[C@@H]2CCCN2CC(=O)N2CCC2)cc1. The predicted molar refractivity (Wildman–Crippen MR) is 88.4 cm³/mol. The van der Waals surface area contributed by atoms with Gasteiger partial charge in [0.2, 0.25) is 5.91 Å². The molecule has 0 bridgehead atoms.